The van der Waals surface area contributed by atoms with Crippen LogP contribution in [-0.4, -0.2) is 51.9 Å². The predicted octanol–water partition coefficient (Wildman–Crippen LogP) is 1.29. The first-order valence-corrected chi connectivity index (χ1v) is 9.51. The van der Waals surface area contributed by atoms with Crippen LogP contribution in [0.1, 0.15) is 36.0 Å². The molecule has 0 aromatic heterocycles. The lowest BCUT2D eigenvalue weighted by molar-refractivity contribution is -0.134. The van der Waals surface area contributed by atoms with E-state index in [0.29, 0.717) is 13.1 Å². The first kappa shape index (κ1) is 19.3. The lowest BCUT2D eigenvalue weighted by atomic mass is 10.2. The number of carbonyl (C=O) groups is 2. The minimum absolute atomic E-state index is 0.262. The number of carbonyl (C=O) groups excluding carboxylic acids is 2. The summed E-state index contributed by atoms with van der Waals surface area (Å²) in [6.07, 6.45) is 3.92. The van der Waals surface area contributed by atoms with E-state index in [4.69, 9.17) is 4.74 Å². The zero-order valence-corrected chi connectivity index (χ0v) is 14.8. The second-order valence-corrected chi connectivity index (χ2v) is 7.61. The highest BCUT2D eigenvalue weighted by Gasteiger charge is 2.21. The molecule has 0 aliphatic carbocycles. The van der Waals surface area contributed by atoms with E-state index in [1.165, 1.54) is 7.05 Å². The second-order valence-electron chi connectivity index (χ2n) is 5.72. The van der Waals surface area contributed by atoms with Crippen LogP contribution in [0.4, 0.5) is 4.39 Å². The Morgan fingerprint density at radius 3 is 2.44 bits per heavy atom. The van der Waals surface area contributed by atoms with Crippen LogP contribution in [0, 0.1) is 5.82 Å². The predicted molar refractivity (Wildman–Crippen MR) is 88.0 cm³/mol. The average molecular weight is 372 g/mol. The summed E-state index contributed by atoms with van der Waals surface area (Å²) in [5, 5.41) is 0. The maximum absolute atomic E-state index is 13.8. The molecular formula is C16H21FN2O5S. The van der Waals surface area contributed by atoms with Gasteiger partial charge in [-0.25, -0.2) is 22.3 Å². The highest BCUT2D eigenvalue weighted by atomic mass is 32.2. The molecule has 0 bridgehead atoms. The van der Waals surface area contributed by atoms with Crippen LogP contribution >= 0.6 is 0 Å². The Morgan fingerprint density at radius 1 is 1.20 bits per heavy atom. The lowest BCUT2D eigenvalue weighted by Crippen LogP contribution is -2.35. The summed E-state index contributed by atoms with van der Waals surface area (Å²) in [5.41, 5.74) is -0.528. The minimum atomic E-state index is -3.82. The van der Waals surface area contributed by atoms with Crippen molar-refractivity contribution in [1.82, 2.24) is 9.62 Å². The molecule has 2 rings (SSSR count). The first-order chi connectivity index (χ1) is 11.8. The average Bonchev–Trinajstić information content (AvgIpc) is 2.89. The van der Waals surface area contributed by atoms with Gasteiger partial charge in [0.15, 0.2) is 6.61 Å². The van der Waals surface area contributed by atoms with Crippen molar-refractivity contribution in [2.75, 3.05) is 26.7 Å². The molecule has 25 heavy (non-hydrogen) atoms. The van der Waals surface area contributed by atoms with Gasteiger partial charge in [0, 0.05) is 13.1 Å². The number of likely N-dealkylation sites (tertiary alicyclic amines) is 1. The fourth-order valence-corrected chi connectivity index (χ4v) is 3.32. The van der Waals surface area contributed by atoms with E-state index in [9.17, 15) is 22.4 Å². The molecule has 9 heteroatoms. The van der Waals surface area contributed by atoms with Crippen molar-refractivity contribution in [3.63, 3.8) is 0 Å². The van der Waals surface area contributed by atoms with Gasteiger partial charge in [0.2, 0.25) is 10.0 Å². The maximum atomic E-state index is 13.8. The number of rotatable bonds is 5. The van der Waals surface area contributed by atoms with Gasteiger partial charge >= 0.3 is 5.97 Å². The van der Waals surface area contributed by atoms with Crippen LogP contribution < -0.4 is 4.72 Å². The molecule has 1 aromatic carbocycles. The summed E-state index contributed by atoms with van der Waals surface area (Å²) in [4.78, 5) is 25.5. The van der Waals surface area contributed by atoms with Crippen molar-refractivity contribution >= 4 is 21.9 Å². The summed E-state index contributed by atoms with van der Waals surface area (Å²) in [6.45, 7) is 0.725. The SMILES string of the molecule is CNS(=O)(=O)c1ccc(F)c(C(=O)OCC(=O)N2CCCCCC2)c1. The van der Waals surface area contributed by atoms with Gasteiger partial charge in [0.1, 0.15) is 5.82 Å². The van der Waals surface area contributed by atoms with E-state index in [0.717, 1.165) is 43.9 Å². The highest BCUT2D eigenvalue weighted by Crippen LogP contribution is 2.16. The molecule has 0 spiro atoms. The largest absolute Gasteiger partial charge is 0.452 e. The number of benzene rings is 1. The number of nitrogens with zero attached hydrogens (tertiary/aromatic N) is 1. The molecule has 7 nitrogen and oxygen atoms in total. The Bertz CT molecular complexity index is 743. The Balaban J connectivity index is 2.05. The molecule has 0 radical (unpaired) electrons. The number of amides is 1. The van der Waals surface area contributed by atoms with E-state index in [-0.39, 0.29) is 10.8 Å². The monoisotopic (exact) mass is 372 g/mol. The first-order valence-electron chi connectivity index (χ1n) is 8.03. The molecule has 1 heterocycles. The van der Waals surface area contributed by atoms with Crippen LogP contribution in [0.15, 0.2) is 23.1 Å². The summed E-state index contributed by atoms with van der Waals surface area (Å²) in [7, 11) is -2.62. The normalized spacial score (nSPS) is 15.5. The molecule has 1 amide bonds. The second kappa shape index (κ2) is 8.39. The molecule has 1 fully saturated rings. The molecule has 1 aliphatic rings. The standard InChI is InChI=1S/C16H21FN2O5S/c1-18-25(22,23)12-6-7-14(17)13(10-12)16(21)24-11-15(20)19-8-4-2-3-5-9-19/h6-7,10,18H,2-5,8-9,11H2,1H3. The minimum Gasteiger partial charge on any atom is -0.452 e. The Hall–Kier alpha value is -2.00. The fraction of sp³-hybridized carbons (Fsp3) is 0.500. The number of hydrogen-bond donors (Lipinski definition) is 1. The fourth-order valence-electron chi connectivity index (χ4n) is 2.56. The topological polar surface area (TPSA) is 92.8 Å². The maximum Gasteiger partial charge on any atom is 0.341 e. The third kappa shape index (κ3) is 4.99. The number of hydrogen-bond acceptors (Lipinski definition) is 5. The van der Waals surface area contributed by atoms with E-state index in [1.54, 1.807) is 4.90 Å². The van der Waals surface area contributed by atoms with E-state index in [1.807, 2.05) is 0 Å². The molecule has 0 unspecified atom stereocenters. The zero-order valence-electron chi connectivity index (χ0n) is 14.0. The van der Waals surface area contributed by atoms with Crippen LogP contribution in [0.5, 0.6) is 0 Å². The molecular weight excluding hydrogens is 351 g/mol. The van der Waals surface area contributed by atoms with Crippen molar-refractivity contribution in [3.05, 3.63) is 29.6 Å². The molecule has 1 saturated heterocycles. The van der Waals surface area contributed by atoms with Gasteiger partial charge in [-0.2, -0.15) is 0 Å². The Labute approximate surface area is 146 Å². The van der Waals surface area contributed by atoms with Gasteiger partial charge in [-0.1, -0.05) is 12.8 Å². The van der Waals surface area contributed by atoms with Gasteiger partial charge in [-0.15, -0.1) is 0 Å². The van der Waals surface area contributed by atoms with Crippen LogP contribution in [0.25, 0.3) is 0 Å². The quantitative estimate of drug-likeness (QED) is 0.787. The van der Waals surface area contributed by atoms with E-state index in [2.05, 4.69) is 4.72 Å². The van der Waals surface area contributed by atoms with Crippen molar-refractivity contribution in [2.24, 2.45) is 0 Å². The smallest absolute Gasteiger partial charge is 0.341 e. The highest BCUT2D eigenvalue weighted by molar-refractivity contribution is 7.89. The third-order valence-electron chi connectivity index (χ3n) is 4.02. The van der Waals surface area contributed by atoms with Gasteiger partial charge in [-0.3, -0.25) is 4.79 Å². The van der Waals surface area contributed by atoms with Crippen LogP contribution in [0.3, 0.4) is 0 Å². The summed E-state index contributed by atoms with van der Waals surface area (Å²) >= 11 is 0. The van der Waals surface area contributed by atoms with E-state index >= 15 is 0 Å². The summed E-state index contributed by atoms with van der Waals surface area (Å²) < 4.78 is 44.3. The number of halogens is 1. The lowest BCUT2D eigenvalue weighted by Gasteiger charge is -2.20. The zero-order chi connectivity index (χ0) is 18.4. The van der Waals surface area contributed by atoms with E-state index < -0.39 is 34.0 Å². The Kier molecular flexibility index (Phi) is 6.49. The molecule has 138 valence electrons. The molecule has 0 atom stereocenters. The van der Waals surface area contributed by atoms with Gasteiger partial charge < -0.3 is 9.64 Å². The van der Waals surface area contributed by atoms with Gasteiger partial charge in [0.25, 0.3) is 5.91 Å². The molecule has 1 aromatic rings. The van der Waals surface area contributed by atoms with Crippen LogP contribution in [0.2, 0.25) is 0 Å². The Morgan fingerprint density at radius 2 is 1.84 bits per heavy atom. The van der Waals surface area contributed by atoms with Crippen molar-refractivity contribution < 1.29 is 27.1 Å². The van der Waals surface area contributed by atoms with Gasteiger partial charge in [-0.05, 0) is 38.1 Å². The van der Waals surface area contributed by atoms with Crippen molar-refractivity contribution in [3.8, 4) is 0 Å². The van der Waals surface area contributed by atoms with Crippen molar-refractivity contribution in [1.29, 1.82) is 0 Å². The summed E-state index contributed by atoms with van der Waals surface area (Å²) in [5.74, 6) is -2.33. The van der Waals surface area contributed by atoms with Crippen LogP contribution in [-0.2, 0) is 19.6 Å². The number of esters is 1. The molecule has 0 saturated carbocycles. The molecule has 1 N–H and O–H groups in total. The summed E-state index contributed by atoms with van der Waals surface area (Å²) in [6, 6.07) is 2.80. The van der Waals surface area contributed by atoms with Crippen molar-refractivity contribution in [2.45, 2.75) is 30.6 Å². The third-order valence-corrected chi connectivity index (χ3v) is 5.43. The van der Waals surface area contributed by atoms with Gasteiger partial charge in [0.05, 0.1) is 10.5 Å². The number of sulfonamides is 1. The molecule has 1 aliphatic heterocycles. The number of nitrogens with one attached hydrogen (secondary N) is 1. The number of ether oxygens (including phenoxy) is 1.